The number of fused-ring (bicyclic) bond motifs is 3. The Morgan fingerprint density at radius 1 is 1.26 bits per heavy atom. The minimum atomic E-state index is -0.331. The fourth-order valence-electron chi connectivity index (χ4n) is 4.67. The Labute approximate surface area is 137 Å². The summed E-state index contributed by atoms with van der Waals surface area (Å²) >= 11 is 0. The third-order valence-corrected chi connectivity index (χ3v) is 5.89. The zero-order chi connectivity index (χ0) is 15.9. The van der Waals surface area contributed by atoms with E-state index in [0.717, 1.165) is 37.6 Å². The van der Waals surface area contributed by atoms with Gasteiger partial charge in [0.15, 0.2) is 0 Å². The van der Waals surface area contributed by atoms with E-state index < -0.39 is 0 Å². The van der Waals surface area contributed by atoms with Crippen LogP contribution >= 0.6 is 0 Å². The highest BCUT2D eigenvalue weighted by molar-refractivity contribution is 5.81. The molecule has 0 saturated heterocycles. The highest BCUT2D eigenvalue weighted by Gasteiger charge is 2.49. The molecular formula is C20H23NO2. The largest absolute Gasteiger partial charge is 0.469 e. The number of hydrogen-bond acceptors (Lipinski definition) is 3. The van der Waals surface area contributed by atoms with Gasteiger partial charge in [0, 0.05) is 11.1 Å². The van der Waals surface area contributed by atoms with Gasteiger partial charge in [-0.25, -0.2) is 0 Å². The number of pyridine rings is 1. The Balaban J connectivity index is 1.83. The van der Waals surface area contributed by atoms with E-state index in [2.05, 4.69) is 18.2 Å². The molecule has 0 N–H and O–H groups in total. The van der Waals surface area contributed by atoms with E-state index in [1.54, 1.807) is 0 Å². The lowest BCUT2D eigenvalue weighted by Gasteiger charge is -2.41. The number of methoxy groups -OCH3 is 1. The molecule has 2 aliphatic carbocycles. The van der Waals surface area contributed by atoms with E-state index in [4.69, 9.17) is 9.72 Å². The number of carbonyl (C=O) groups excluding carboxylic acids is 1. The first kappa shape index (κ1) is 14.7. The van der Waals surface area contributed by atoms with Crippen LogP contribution in [0.15, 0.2) is 30.3 Å². The quantitative estimate of drug-likeness (QED) is 0.745. The van der Waals surface area contributed by atoms with E-state index >= 15 is 0 Å². The van der Waals surface area contributed by atoms with Crippen molar-refractivity contribution in [1.82, 2.24) is 4.98 Å². The number of ether oxygens (including phenoxy) is 1. The van der Waals surface area contributed by atoms with Gasteiger partial charge in [0.2, 0.25) is 0 Å². The molecule has 0 amide bonds. The van der Waals surface area contributed by atoms with Gasteiger partial charge in [-0.2, -0.15) is 0 Å². The third-order valence-electron chi connectivity index (χ3n) is 5.89. The lowest BCUT2D eigenvalue weighted by molar-refractivity contribution is -0.157. The van der Waals surface area contributed by atoms with Gasteiger partial charge < -0.3 is 4.74 Å². The molecule has 1 aromatic heterocycles. The maximum atomic E-state index is 12.7. The molecule has 2 aromatic rings. The molecule has 120 valence electrons. The second kappa shape index (κ2) is 5.63. The Kier molecular flexibility index (Phi) is 3.59. The molecule has 0 aliphatic heterocycles. The maximum Gasteiger partial charge on any atom is 0.312 e. The van der Waals surface area contributed by atoms with E-state index in [0.29, 0.717) is 5.92 Å². The second-order valence-electron chi connectivity index (χ2n) is 7.11. The van der Waals surface area contributed by atoms with Gasteiger partial charge in [0.25, 0.3) is 0 Å². The number of aromatic nitrogens is 1. The van der Waals surface area contributed by atoms with Crippen molar-refractivity contribution < 1.29 is 9.53 Å². The molecule has 4 rings (SSSR count). The van der Waals surface area contributed by atoms with Crippen LogP contribution in [0.3, 0.4) is 0 Å². The lowest BCUT2D eigenvalue weighted by atomic mass is 9.63. The smallest absolute Gasteiger partial charge is 0.312 e. The minimum absolute atomic E-state index is 0.0109. The molecule has 3 heteroatoms. The zero-order valence-electron chi connectivity index (χ0n) is 13.7. The molecule has 1 saturated carbocycles. The second-order valence-corrected chi connectivity index (χ2v) is 7.11. The minimum Gasteiger partial charge on any atom is -0.469 e. The fourth-order valence-corrected chi connectivity index (χ4v) is 4.67. The van der Waals surface area contributed by atoms with Gasteiger partial charge in [0.05, 0.1) is 18.0 Å². The first-order chi connectivity index (χ1) is 11.2. The van der Waals surface area contributed by atoms with Crippen LogP contribution in [-0.2, 0) is 22.4 Å². The van der Waals surface area contributed by atoms with Crippen molar-refractivity contribution in [2.75, 3.05) is 7.11 Å². The number of benzene rings is 1. The number of nitrogens with zero attached hydrogens (tertiary/aromatic N) is 1. The molecule has 0 spiro atoms. The van der Waals surface area contributed by atoms with Gasteiger partial charge in [-0.15, -0.1) is 0 Å². The number of hydrogen-bond donors (Lipinski definition) is 0. The van der Waals surface area contributed by atoms with Crippen LogP contribution in [-0.4, -0.2) is 18.1 Å². The number of esters is 1. The highest BCUT2D eigenvalue weighted by Crippen LogP contribution is 2.48. The molecule has 0 unspecified atom stereocenters. The Morgan fingerprint density at radius 2 is 2.13 bits per heavy atom. The summed E-state index contributed by atoms with van der Waals surface area (Å²) in [6.07, 6.45) is 7.34. The SMILES string of the molecule is COC(=O)[C@@]12CCCCC[C@@H]1Cc1nc3ccccc3cc1C2. The Hall–Kier alpha value is -1.90. The van der Waals surface area contributed by atoms with E-state index in [-0.39, 0.29) is 11.4 Å². The number of para-hydroxylation sites is 1. The molecule has 0 radical (unpaired) electrons. The fraction of sp³-hybridized carbons (Fsp3) is 0.500. The Morgan fingerprint density at radius 3 is 3.00 bits per heavy atom. The van der Waals surface area contributed by atoms with Gasteiger partial charge in [-0.1, -0.05) is 37.5 Å². The normalized spacial score (nSPS) is 26.9. The van der Waals surface area contributed by atoms with E-state index in [1.165, 1.54) is 36.6 Å². The maximum absolute atomic E-state index is 12.7. The van der Waals surface area contributed by atoms with Crippen molar-refractivity contribution in [3.8, 4) is 0 Å². The lowest BCUT2D eigenvalue weighted by Crippen LogP contribution is -2.45. The van der Waals surface area contributed by atoms with Crippen molar-refractivity contribution in [2.45, 2.75) is 44.9 Å². The average molecular weight is 309 g/mol. The molecule has 2 aliphatic rings. The van der Waals surface area contributed by atoms with Crippen molar-refractivity contribution in [3.05, 3.63) is 41.6 Å². The summed E-state index contributed by atoms with van der Waals surface area (Å²) in [4.78, 5) is 17.6. The van der Waals surface area contributed by atoms with Gasteiger partial charge in [-0.05, 0) is 49.3 Å². The summed E-state index contributed by atoms with van der Waals surface area (Å²) in [6, 6.07) is 10.5. The predicted octanol–water partition coefficient (Wildman–Crippen LogP) is 4.07. The van der Waals surface area contributed by atoms with E-state index in [1.807, 2.05) is 12.1 Å². The first-order valence-electron chi connectivity index (χ1n) is 8.69. The summed E-state index contributed by atoms with van der Waals surface area (Å²) in [6.45, 7) is 0. The molecule has 23 heavy (non-hydrogen) atoms. The molecular weight excluding hydrogens is 286 g/mol. The number of rotatable bonds is 1. The van der Waals surface area contributed by atoms with Crippen LogP contribution in [0.1, 0.15) is 43.4 Å². The third kappa shape index (κ3) is 2.34. The van der Waals surface area contributed by atoms with Crippen LogP contribution in [0, 0.1) is 11.3 Å². The van der Waals surface area contributed by atoms with Crippen molar-refractivity contribution >= 4 is 16.9 Å². The molecule has 1 aromatic carbocycles. The zero-order valence-corrected chi connectivity index (χ0v) is 13.7. The molecule has 1 fully saturated rings. The molecule has 2 atom stereocenters. The van der Waals surface area contributed by atoms with Crippen molar-refractivity contribution in [3.63, 3.8) is 0 Å². The Bertz CT molecular complexity index is 754. The summed E-state index contributed by atoms with van der Waals surface area (Å²) in [7, 11) is 1.53. The van der Waals surface area contributed by atoms with Crippen molar-refractivity contribution in [1.29, 1.82) is 0 Å². The molecule has 0 bridgehead atoms. The standard InChI is InChI=1S/C20H23NO2/c1-23-19(22)20-10-6-2-3-8-16(20)12-18-15(13-20)11-14-7-4-5-9-17(14)21-18/h4-5,7,9,11,16H,2-3,6,8,10,12-13H2,1H3/t16-,20-/m1/s1. The summed E-state index contributed by atoms with van der Waals surface area (Å²) in [5.41, 5.74) is 3.16. The van der Waals surface area contributed by atoms with Crippen LogP contribution in [0.25, 0.3) is 10.9 Å². The van der Waals surface area contributed by atoms with Gasteiger partial charge in [-0.3, -0.25) is 9.78 Å². The summed E-state index contributed by atoms with van der Waals surface area (Å²) in [5, 5.41) is 1.17. The molecule has 1 heterocycles. The van der Waals surface area contributed by atoms with Crippen LogP contribution in [0.2, 0.25) is 0 Å². The van der Waals surface area contributed by atoms with Gasteiger partial charge >= 0.3 is 5.97 Å². The monoisotopic (exact) mass is 309 g/mol. The van der Waals surface area contributed by atoms with Crippen LogP contribution < -0.4 is 0 Å². The predicted molar refractivity (Wildman–Crippen MR) is 90.2 cm³/mol. The van der Waals surface area contributed by atoms with Crippen molar-refractivity contribution in [2.24, 2.45) is 11.3 Å². The first-order valence-corrected chi connectivity index (χ1v) is 8.69. The van der Waals surface area contributed by atoms with Crippen LogP contribution in [0.4, 0.5) is 0 Å². The van der Waals surface area contributed by atoms with Crippen LogP contribution in [0.5, 0.6) is 0 Å². The number of carbonyl (C=O) groups is 1. The summed E-state index contributed by atoms with van der Waals surface area (Å²) < 4.78 is 5.25. The topological polar surface area (TPSA) is 39.2 Å². The summed E-state index contributed by atoms with van der Waals surface area (Å²) in [5.74, 6) is 0.363. The van der Waals surface area contributed by atoms with E-state index in [9.17, 15) is 4.79 Å². The van der Waals surface area contributed by atoms with Gasteiger partial charge in [0.1, 0.15) is 0 Å². The molecule has 3 nitrogen and oxygen atoms in total. The highest BCUT2D eigenvalue weighted by atomic mass is 16.5. The average Bonchev–Trinajstić information content (AvgIpc) is 2.79.